The average molecular weight is 262 g/mol. The number of hydrogen-bond acceptors (Lipinski definition) is 5. The monoisotopic (exact) mass is 262 g/mol. The standard InChI is InChI=1S/C11H22O5Si/c1-9(2)10(12)15-7-6-8-17-16-11(3,13-4)14-5/h1,6-8,17H2,2-5H3. The Morgan fingerprint density at radius 1 is 1.35 bits per heavy atom. The van der Waals surface area contributed by atoms with Crippen molar-refractivity contribution in [1.82, 2.24) is 0 Å². The molecule has 17 heavy (non-hydrogen) atoms. The van der Waals surface area contributed by atoms with Crippen molar-refractivity contribution in [3.8, 4) is 0 Å². The Bertz CT molecular complexity index is 250. The van der Waals surface area contributed by atoms with Gasteiger partial charge in [0, 0.05) is 26.7 Å². The van der Waals surface area contributed by atoms with E-state index in [0.29, 0.717) is 12.2 Å². The maximum absolute atomic E-state index is 11.0. The maximum Gasteiger partial charge on any atom is 0.333 e. The molecule has 0 N–H and O–H groups in total. The van der Waals surface area contributed by atoms with Gasteiger partial charge in [-0.15, -0.1) is 0 Å². The van der Waals surface area contributed by atoms with Crippen LogP contribution in [0.4, 0.5) is 0 Å². The molecule has 0 heterocycles. The van der Waals surface area contributed by atoms with E-state index in [-0.39, 0.29) is 5.97 Å². The van der Waals surface area contributed by atoms with Crippen LogP contribution in [0.5, 0.6) is 0 Å². The summed E-state index contributed by atoms with van der Waals surface area (Å²) in [4.78, 5) is 11.0. The Kier molecular flexibility index (Phi) is 8.06. The number of ether oxygens (including phenoxy) is 3. The van der Waals surface area contributed by atoms with E-state index >= 15 is 0 Å². The maximum atomic E-state index is 11.0. The molecule has 0 unspecified atom stereocenters. The summed E-state index contributed by atoms with van der Waals surface area (Å²) in [7, 11) is 2.33. The second-order valence-electron chi connectivity index (χ2n) is 3.74. The SMILES string of the molecule is C=C(C)C(=O)OCCC[SiH2]OC(C)(OC)OC. The van der Waals surface area contributed by atoms with Gasteiger partial charge in [0.05, 0.1) is 6.61 Å². The van der Waals surface area contributed by atoms with Gasteiger partial charge < -0.3 is 18.6 Å². The first-order chi connectivity index (χ1) is 7.95. The van der Waals surface area contributed by atoms with Crippen molar-refractivity contribution in [3.05, 3.63) is 12.2 Å². The van der Waals surface area contributed by atoms with Gasteiger partial charge in [-0.3, -0.25) is 0 Å². The van der Waals surface area contributed by atoms with E-state index < -0.39 is 15.7 Å². The van der Waals surface area contributed by atoms with Crippen molar-refractivity contribution in [2.24, 2.45) is 0 Å². The van der Waals surface area contributed by atoms with Crippen LogP contribution in [0.15, 0.2) is 12.2 Å². The summed E-state index contributed by atoms with van der Waals surface area (Å²) in [5, 5.41) is 0. The van der Waals surface area contributed by atoms with Crippen LogP contribution in [-0.2, 0) is 23.4 Å². The van der Waals surface area contributed by atoms with E-state index in [0.717, 1.165) is 12.5 Å². The second-order valence-corrected chi connectivity index (χ2v) is 5.15. The lowest BCUT2D eigenvalue weighted by atomic mass is 10.4. The first kappa shape index (κ1) is 16.3. The molecule has 0 bridgehead atoms. The third-order valence-corrected chi connectivity index (χ3v) is 3.74. The lowest BCUT2D eigenvalue weighted by molar-refractivity contribution is -0.310. The summed E-state index contributed by atoms with van der Waals surface area (Å²) in [6, 6.07) is 0.895. The molecular weight excluding hydrogens is 240 g/mol. The van der Waals surface area contributed by atoms with Crippen molar-refractivity contribution in [2.75, 3.05) is 20.8 Å². The van der Waals surface area contributed by atoms with E-state index in [1.165, 1.54) is 14.2 Å². The molecule has 0 saturated carbocycles. The van der Waals surface area contributed by atoms with Gasteiger partial charge in [0.2, 0.25) is 0 Å². The Hall–Kier alpha value is -0.693. The van der Waals surface area contributed by atoms with Crippen molar-refractivity contribution in [3.63, 3.8) is 0 Å². The minimum atomic E-state index is -0.944. The van der Waals surface area contributed by atoms with E-state index in [2.05, 4.69) is 6.58 Å². The second kappa shape index (κ2) is 8.41. The molecule has 0 aliphatic carbocycles. The minimum Gasteiger partial charge on any atom is -0.462 e. The lowest BCUT2D eigenvalue weighted by Gasteiger charge is -2.26. The highest BCUT2D eigenvalue weighted by Gasteiger charge is 2.22. The van der Waals surface area contributed by atoms with Crippen molar-refractivity contribution >= 4 is 15.7 Å². The number of carbonyl (C=O) groups excluding carboxylic acids is 1. The van der Waals surface area contributed by atoms with Crippen LogP contribution in [-0.4, -0.2) is 42.5 Å². The molecule has 0 atom stereocenters. The van der Waals surface area contributed by atoms with Crippen molar-refractivity contribution < 1.29 is 23.4 Å². The molecular formula is C11H22O5Si. The van der Waals surface area contributed by atoms with E-state index in [1.807, 2.05) is 0 Å². The number of methoxy groups -OCH3 is 2. The molecule has 0 amide bonds. The molecule has 0 aromatic rings. The van der Waals surface area contributed by atoms with Gasteiger partial charge in [0.15, 0.2) is 9.76 Å². The Morgan fingerprint density at radius 2 is 1.94 bits per heavy atom. The van der Waals surface area contributed by atoms with E-state index in [4.69, 9.17) is 18.6 Å². The van der Waals surface area contributed by atoms with Gasteiger partial charge in [-0.05, 0) is 19.4 Å². The highest BCUT2D eigenvalue weighted by atomic mass is 28.2. The number of esters is 1. The molecule has 0 spiro atoms. The Balaban J connectivity index is 3.53. The summed E-state index contributed by atoms with van der Waals surface area (Å²) in [6.45, 7) is 7.25. The van der Waals surface area contributed by atoms with Crippen LogP contribution in [0.25, 0.3) is 0 Å². The first-order valence-electron chi connectivity index (χ1n) is 5.52. The largest absolute Gasteiger partial charge is 0.462 e. The zero-order valence-electron chi connectivity index (χ0n) is 11.1. The van der Waals surface area contributed by atoms with Crippen LogP contribution in [0.1, 0.15) is 20.3 Å². The minimum absolute atomic E-state index is 0.341. The predicted octanol–water partition coefficient (Wildman–Crippen LogP) is 0.981. The molecule has 0 aromatic carbocycles. The van der Waals surface area contributed by atoms with Crippen molar-refractivity contribution in [2.45, 2.75) is 32.3 Å². The van der Waals surface area contributed by atoms with E-state index in [1.54, 1.807) is 13.8 Å². The zero-order valence-corrected chi connectivity index (χ0v) is 12.5. The first-order valence-corrected chi connectivity index (χ1v) is 7.10. The molecule has 0 aromatic heterocycles. The summed E-state index contributed by atoms with van der Waals surface area (Å²) < 4.78 is 20.6. The van der Waals surface area contributed by atoms with Gasteiger partial charge in [0.1, 0.15) is 0 Å². The fourth-order valence-electron chi connectivity index (χ4n) is 0.951. The summed E-state index contributed by atoms with van der Waals surface area (Å²) in [6.07, 6.45) is 0.786. The highest BCUT2D eigenvalue weighted by Crippen LogP contribution is 2.11. The topological polar surface area (TPSA) is 54.0 Å². The number of rotatable bonds is 9. The molecule has 5 nitrogen and oxygen atoms in total. The fraction of sp³-hybridized carbons (Fsp3) is 0.727. The lowest BCUT2D eigenvalue weighted by Crippen LogP contribution is -2.34. The Labute approximate surface area is 105 Å². The summed E-state index contributed by atoms with van der Waals surface area (Å²) in [5.41, 5.74) is 0.421. The fourth-order valence-corrected chi connectivity index (χ4v) is 2.11. The number of hydrogen-bond donors (Lipinski definition) is 0. The van der Waals surface area contributed by atoms with Gasteiger partial charge >= 0.3 is 5.97 Å². The summed E-state index contributed by atoms with van der Waals surface area (Å²) in [5.74, 6) is -1.29. The number of carbonyl (C=O) groups is 1. The summed E-state index contributed by atoms with van der Waals surface area (Å²) >= 11 is 0. The van der Waals surface area contributed by atoms with E-state index in [9.17, 15) is 4.79 Å². The van der Waals surface area contributed by atoms with Crippen molar-refractivity contribution in [1.29, 1.82) is 0 Å². The van der Waals surface area contributed by atoms with Crippen LogP contribution >= 0.6 is 0 Å². The molecule has 0 aliphatic heterocycles. The smallest absolute Gasteiger partial charge is 0.333 e. The predicted molar refractivity (Wildman–Crippen MR) is 67.2 cm³/mol. The molecule has 100 valence electrons. The molecule has 0 rings (SSSR count). The van der Waals surface area contributed by atoms with Crippen LogP contribution < -0.4 is 0 Å². The third kappa shape index (κ3) is 7.27. The molecule has 0 fully saturated rings. The molecule has 6 heteroatoms. The Morgan fingerprint density at radius 3 is 2.41 bits per heavy atom. The van der Waals surface area contributed by atoms with Crippen LogP contribution in [0.2, 0.25) is 6.04 Å². The third-order valence-electron chi connectivity index (χ3n) is 2.23. The highest BCUT2D eigenvalue weighted by molar-refractivity contribution is 6.27. The van der Waals surface area contributed by atoms with Gasteiger partial charge in [-0.1, -0.05) is 6.58 Å². The zero-order chi connectivity index (χ0) is 13.3. The van der Waals surface area contributed by atoms with Crippen LogP contribution in [0.3, 0.4) is 0 Å². The van der Waals surface area contributed by atoms with Gasteiger partial charge in [0.25, 0.3) is 5.97 Å². The van der Waals surface area contributed by atoms with Crippen LogP contribution in [0, 0.1) is 0 Å². The molecule has 0 saturated heterocycles. The quantitative estimate of drug-likeness (QED) is 0.204. The normalized spacial score (nSPS) is 12.0. The molecule has 0 aliphatic rings. The average Bonchev–Trinajstić information content (AvgIpc) is 2.32. The van der Waals surface area contributed by atoms with Gasteiger partial charge in [-0.25, -0.2) is 4.79 Å². The van der Waals surface area contributed by atoms with Gasteiger partial charge in [-0.2, -0.15) is 0 Å². The molecule has 0 radical (unpaired) electrons.